The zero-order valence-electron chi connectivity index (χ0n) is 13.1. The highest BCUT2D eigenvalue weighted by molar-refractivity contribution is 5.87. The van der Waals surface area contributed by atoms with Crippen LogP contribution in [0.1, 0.15) is 31.4 Å². The van der Waals surface area contributed by atoms with Crippen LogP contribution in [-0.2, 0) is 5.41 Å². The Bertz CT molecular complexity index is 834. The van der Waals surface area contributed by atoms with Gasteiger partial charge in [-0.1, -0.05) is 68.5 Å². The smallest absolute Gasteiger partial charge is 0.0155 e. The van der Waals surface area contributed by atoms with Gasteiger partial charge in [0.2, 0.25) is 0 Å². The van der Waals surface area contributed by atoms with Gasteiger partial charge in [-0.3, -0.25) is 0 Å². The first kappa shape index (κ1) is 12.5. The van der Waals surface area contributed by atoms with Crippen LogP contribution in [0.3, 0.4) is 0 Å². The molecule has 3 aliphatic carbocycles. The first-order valence-corrected chi connectivity index (χ1v) is 8.29. The van der Waals surface area contributed by atoms with Crippen molar-refractivity contribution in [2.45, 2.75) is 25.7 Å². The topological polar surface area (TPSA) is 0 Å². The lowest BCUT2D eigenvalue weighted by atomic mass is 9.79. The fourth-order valence-corrected chi connectivity index (χ4v) is 4.41. The predicted octanol–water partition coefficient (Wildman–Crippen LogP) is 5.60. The largest absolute Gasteiger partial charge is 0.0805 e. The molecule has 2 unspecified atom stereocenters. The molecule has 0 amide bonds. The summed E-state index contributed by atoms with van der Waals surface area (Å²) >= 11 is 0. The summed E-state index contributed by atoms with van der Waals surface area (Å²) in [6.07, 6.45) is 6.20. The van der Waals surface area contributed by atoms with Gasteiger partial charge in [-0.15, -0.1) is 0 Å². The highest BCUT2D eigenvalue weighted by atomic mass is 14.5. The zero-order valence-corrected chi connectivity index (χ0v) is 13.1. The molecule has 2 aromatic rings. The van der Waals surface area contributed by atoms with Crippen molar-refractivity contribution in [3.8, 4) is 11.1 Å². The number of rotatable bonds is 1. The Labute approximate surface area is 132 Å². The van der Waals surface area contributed by atoms with Crippen molar-refractivity contribution < 1.29 is 0 Å². The second-order valence-electron chi connectivity index (χ2n) is 7.44. The molecule has 0 heteroatoms. The molecule has 0 saturated heterocycles. The molecule has 3 aliphatic rings. The van der Waals surface area contributed by atoms with Gasteiger partial charge >= 0.3 is 0 Å². The third-order valence-electron chi connectivity index (χ3n) is 5.77. The molecule has 0 aliphatic heterocycles. The standard InChI is InChI=1S/C22H20/c1-22(2)19-11-9-16-12-18(16)21(19)17-10-8-15(13-20(17)22)14-6-4-3-5-7-14/h3-11,13,16,18H,12H2,1-2H3. The Morgan fingerprint density at radius 3 is 2.59 bits per heavy atom. The number of allylic oxidation sites excluding steroid dienone is 4. The van der Waals surface area contributed by atoms with Crippen LogP contribution in [0.5, 0.6) is 0 Å². The highest BCUT2D eigenvalue weighted by Gasteiger charge is 2.48. The first-order chi connectivity index (χ1) is 10.7. The van der Waals surface area contributed by atoms with E-state index in [1.54, 1.807) is 11.1 Å². The maximum atomic E-state index is 2.44. The van der Waals surface area contributed by atoms with Crippen molar-refractivity contribution in [2.24, 2.45) is 11.8 Å². The van der Waals surface area contributed by atoms with Gasteiger partial charge < -0.3 is 0 Å². The van der Waals surface area contributed by atoms with Gasteiger partial charge in [-0.25, -0.2) is 0 Å². The minimum absolute atomic E-state index is 0.138. The van der Waals surface area contributed by atoms with Crippen LogP contribution in [0.25, 0.3) is 16.7 Å². The molecule has 2 aromatic carbocycles. The number of hydrogen-bond donors (Lipinski definition) is 0. The lowest BCUT2D eigenvalue weighted by molar-refractivity contribution is 0.651. The van der Waals surface area contributed by atoms with E-state index >= 15 is 0 Å². The summed E-state index contributed by atoms with van der Waals surface area (Å²) in [5, 5.41) is 0. The van der Waals surface area contributed by atoms with Gasteiger partial charge in [0.15, 0.2) is 0 Å². The Morgan fingerprint density at radius 1 is 0.955 bits per heavy atom. The number of hydrogen-bond acceptors (Lipinski definition) is 0. The molecule has 1 saturated carbocycles. The van der Waals surface area contributed by atoms with Gasteiger partial charge in [0.05, 0.1) is 0 Å². The molecule has 0 radical (unpaired) electrons. The molecule has 1 fully saturated rings. The van der Waals surface area contributed by atoms with E-state index in [0.29, 0.717) is 0 Å². The number of fused-ring (bicyclic) bond motifs is 4. The summed E-state index contributed by atoms with van der Waals surface area (Å²) in [5.74, 6) is 1.61. The molecular weight excluding hydrogens is 264 g/mol. The molecule has 0 heterocycles. The minimum Gasteiger partial charge on any atom is -0.0805 e. The molecular formula is C22H20. The minimum atomic E-state index is 0.138. The van der Waals surface area contributed by atoms with Crippen LogP contribution in [-0.4, -0.2) is 0 Å². The van der Waals surface area contributed by atoms with E-state index in [1.807, 2.05) is 0 Å². The van der Waals surface area contributed by atoms with E-state index < -0.39 is 0 Å². The molecule has 22 heavy (non-hydrogen) atoms. The lowest BCUT2D eigenvalue weighted by Crippen LogP contribution is -2.16. The van der Waals surface area contributed by atoms with Gasteiger partial charge in [0.1, 0.15) is 0 Å². The average molecular weight is 284 g/mol. The van der Waals surface area contributed by atoms with E-state index in [-0.39, 0.29) is 5.41 Å². The quantitative estimate of drug-likeness (QED) is 0.639. The Balaban J connectivity index is 1.70. The van der Waals surface area contributed by atoms with Crippen molar-refractivity contribution >= 4 is 5.57 Å². The van der Waals surface area contributed by atoms with E-state index in [9.17, 15) is 0 Å². The Morgan fingerprint density at radius 2 is 1.77 bits per heavy atom. The second kappa shape index (κ2) is 4.01. The highest BCUT2D eigenvalue weighted by Crippen LogP contribution is 2.60. The van der Waals surface area contributed by atoms with Crippen molar-refractivity contribution in [2.75, 3.05) is 0 Å². The van der Waals surface area contributed by atoms with Gasteiger partial charge in [0, 0.05) is 5.41 Å². The summed E-state index contributed by atoms with van der Waals surface area (Å²) in [4.78, 5) is 0. The van der Waals surface area contributed by atoms with Crippen molar-refractivity contribution in [3.05, 3.63) is 77.4 Å². The SMILES string of the molecule is CC1(C)C2=C(c3ccc(-c4ccccc4)cc31)C1CC1C=C2. The van der Waals surface area contributed by atoms with Crippen LogP contribution in [0.4, 0.5) is 0 Å². The molecule has 0 nitrogen and oxygen atoms in total. The van der Waals surface area contributed by atoms with Crippen molar-refractivity contribution in [3.63, 3.8) is 0 Å². The number of benzene rings is 2. The molecule has 0 aromatic heterocycles. The molecule has 0 bridgehead atoms. The maximum Gasteiger partial charge on any atom is 0.0155 e. The summed E-state index contributed by atoms with van der Waals surface area (Å²) in [7, 11) is 0. The van der Waals surface area contributed by atoms with Gasteiger partial charge in [0.25, 0.3) is 0 Å². The fourth-order valence-electron chi connectivity index (χ4n) is 4.41. The van der Waals surface area contributed by atoms with E-state index in [2.05, 4.69) is 74.5 Å². The zero-order chi connectivity index (χ0) is 14.9. The van der Waals surface area contributed by atoms with Crippen LogP contribution < -0.4 is 0 Å². The van der Waals surface area contributed by atoms with E-state index in [1.165, 1.54) is 28.7 Å². The second-order valence-corrected chi connectivity index (χ2v) is 7.44. The molecule has 108 valence electrons. The predicted molar refractivity (Wildman–Crippen MR) is 92.6 cm³/mol. The normalized spacial score (nSPS) is 26.5. The molecule has 2 atom stereocenters. The summed E-state index contributed by atoms with van der Waals surface area (Å²) in [5.41, 5.74) is 9.01. The molecule has 0 spiro atoms. The molecule has 5 rings (SSSR count). The van der Waals surface area contributed by atoms with E-state index in [4.69, 9.17) is 0 Å². The summed E-state index contributed by atoms with van der Waals surface area (Å²) in [6, 6.07) is 17.8. The summed E-state index contributed by atoms with van der Waals surface area (Å²) < 4.78 is 0. The van der Waals surface area contributed by atoms with Crippen molar-refractivity contribution in [1.82, 2.24) is 0 Å². The lowest BCUT2D eigenvalue weighted by Gasteiger charge is -2.24. The Hall–Kier alpha value is -2.08. The summed E-state index contributed by atoms with van der Waals surface area (Å²) in [6.45, 7) is 4.77. The molecule has 0 N–H and O–H groups in total. The first-order valence-electron chi connectivity index (χ1n) is 8.29. The van der Waals surface area contributed by atoms with Gasteiger partial charge in [-0.2, -0.15) is 0 Å². The maximum absolute atomic E-state index is 2.44. The Kier molecular flexibility index (Phi) is 2.27. The monoisotopic (exact) mass is 284 g/mol. The van der Waals surface area contributed by atoms with Crippen LogP contribution in [0.2, 0.25) is 0 Å². The van der Waals surface area contributed by atoms with Crippen LogP contribution in [0.15, 0.2) is 66.3 Å². The van der Waals surface area contributed by atoms with E-state index in [0.717, 1.165) is 11.8 Å². The van der Waals surface area contributed by atoms with Crippen LogP contribution >= 0.6 is 0 Å². The average Bonchev–Trinajstić information content (AvgIpc) is 3.30. The third kappa shape index (κ3) is 1.53. The fraction of sp³-hybridized carbons (Fsp3) is 0.273. The van der Waals surface area contributed by atoms with Crippen LogP contribution in [0, 0.1) is 11.8 Å². The van der Waals surface area contributed by atoms with Crippen molar-refractivity contribution in [1.29, 1.82) is 0 Å². The van der Waals surface area contributed by atoms with Gasteiger partial charge in [-0.05, 0) is 57.7 Å². The third-order valence-corrected chi connectivity index (χ3v) is 5.77.